The van der Waals surface area contributed by atoms with Gasteiger partial charge in [0.1, 0.15) is 11.9 Å². The summed E-state index contributed by atoms with van der Waals surface area (Å²) >= 11 is 0. The van der Waals surface area contributed by atoms with Crippen molar-refractivity contribution in [3.63, 3.8) is 0 Å². The average molecular weight is 257 g/mol. The lowest BCUT2D eigenvalue weighted by Crippen LogP contribution is -2.32. The molecule has 0 spiro atoms. The van der Waals surface area contributed by atoms with Crippen molar-refractivity contribution in [2.75, 3.05) is 24.5 Å². The zero-order valence-electron chi connectivity index (χ0n) is 11.2. The monoisotopic (exact) mass is 257 g/mol. The van der Waals surface area contributed by atoms with Crippen molar-refractivity contribution in [2.24, 2.45) is 0 Å². The number of rotatable bonds is 1. The van der Waals surface area contributed by atoms with Crippen molar-refractivity contribution in [1.82, 2.24) is 15.3 Å². The van der Waals surface area contributed by atoms with E-state index in [1.807, 2.05) is 0 Å². The number of hydrogen-bond acceptors (Lipinski definition) is 5. The Hall–Kier alpha value is -1.67. The van der Waals surface area contributed by atoms with Gasteiger partial charge in [-0.05, 0) is 12.8 Å². The Morgan fingerprint density at radius 1 is 1.11 bits per heavy atom. The molecule has 5 nitrogen and oxygen atoms in total. The summed E-state index contributed by atoms with van der Waals surface area (Å²) in [6, 6.07) is 2.10. The molecule has 5 heteroatoms. The predicted octanol–water partition coefficient (Wildman–Crippen LogP) is 1.37. The topological polar surface area (TPSA) is 64.8 Å². The Bertz CT molecular complexity index is 497. The molecule has 1 aromatic heterocycles. The lowest BCUT2D eigenvalue weighted by atomic mass is 10.1. The average Bonchev–Trinajstić information content (AvgIpc) is 2.75. The van der Waals surface area contributed by atoms with Crippen LogP contribution in [0.4, 0.5) is 5.82 Å². The van der Waals surface area contributed by atoms with Crippen molar-refractivity contribution < 1.29 is 0 Å². The van der Waals surface area contributed by atoms with Gasteiger partial charge in [-0.15, -0.1) is 0 Å². The van der Waals surface area contributed by atoms with Gasteiger partial charge >= 0.3 is 0 Å². The lowest BCUT2D eigenvalue weighted by Gasteiger charge is -2.27. The van der Waals surface area contributed by atoms with Crippen LogP contribution in [-0.2, 0) is 13.0 Å². The van der Waals surface area contributed by atoms with Gasteiger partial charge in [-0.2, -0.15) is 5.26 Å². The largest absolute Gasteiger partial charge is 0.356 e. The summed E-state index contributed by atoms with van der Waals surface area (Å²) in [4.78, 5) is 11.2. The molecular weight excluding hydrogens is 238 g/mol. The molecule has 2 aliphatic rings. The molecular formula is C14H19N5. The minimum Gasteiger partial charge on any atom is -0.356 e. The van der Waals surface area contributed by atoms with Crippen LogP contribution in [0.3, 0.4) is 0 Å². The van der Waals surface area contributed by atoms with Gasteiger partial charge in [0, 0.05) is 38.2 Å². The van der Waals surface area contributed by atoms with E-state index in [9.17, 15) is 0 Å². The molecule has 100 valence electrons. The maximum absolute atomic E-state index is 9.11. The molecule has 1 fully saturated rings. The first-order valence-corrected chi connectivity index (χ1v) is 7.14. The summed E-state index contributed by atoms with van der Waals surface area (Å²) < 4.78 is 0. The Labute approximate surface area is 113 Å². The maximum Gasteiger partial charge on any atom is 0.234 e. The van der Waals surface area contributed by atoms with Crippen LogP contribution in [0.25, 0.3) is 0 Å². The van der Waals surface area contributed by atoms with E-state index in [4.69, 9.17) is 5.26 Å². The van der Waals surface area contributed by atoms with E-state index in [0.29, 0.717) is 5.82 Å². The fraction of sp³-hybridized carbons (Fsp3) is 0.643. The first-order chi connectivity index (χ1) is 9.38. The smallest absolute Gasteiger partial charge is 0.234 e. The summed E-state index contributed by atoms with van der Waals surface area (Å²) in [5, 5.41) is 12.5. The Kier molecular flexibility index (Phi) is 3.60. The third kappa shape index (κ3) is 2.54. The molecule has 1 aromatic rings. The Balaban J connectivity index is 2.00. The number of nitrogens with one attached hydrogen (secondary N) is 1. The molecule has 0 aliphatic carbocycles. The second kappa shape index (κ2) is 5.54. The van der Waals surface area contributed by atoms with Crippen LogP contribution in [0.15, 0.2) is 0 Å². The second-order valence-electron chi connectivity index (χ2n) is 5.24. The number of aromatic nitrogens is 2. The fourth-order valence-corrected chi connectivity index (χ4v) is 2.92. The molecule has 0 aromatic carbocycles. The van der Waals surface area contributed by atoms with Crippen LogP contribution in [0.2, 0.25) is 0 Å². The molecule has 0 saturated carbocycles. The molecule has 3 rings (SSSR count). The van der Waals surface area contributed by atoms with Crippen LogP contribution in [-0.4, -0.2) is 29.6 Å². The molecule has 0 atom stereocenters. The van der Waals surface area contributed by atoms with Gasteiger partial charge < -0.3 is 10.2 Å². The first kappa shape index (κ1) is 12.4. The van der Waals surface area contributed by atoms with Gasteiger partial charge in [0.05, 0.1) is 5.69 Å². The molecule has 19 heavy (non-hydrogen) atoms. The number of nitriles is 1. The van der Waals surface area contributed by atoms with Crippen molar-refractivity contribution in [2.45, 2.75) is 38.6 Å². The zero-order chi connectivity index (χ0) is 13.1. The van der Waals surface area contributed by atoms with Crippen LogP contribution < -0.4 is 10.2 Å². The maximum atomic E-state index is 9.11. The Morgan fingerprint density at radius 2 is 1.89 bits per heavy atom. The van der Waals surface area contributed by atoms with E-state index in [2.05, 4.69) is 26.3 Å². The predicted molar refractivity (Wildman–Crippen MR) is 72.8 cm³/mol. The molecule has 0 unspecified atom stereocenters. The van der Waals surface area contributed by atoms with Gasteiger partial charge in [0.25, 0.3) is 0 Å². The molecule has 2 aliphatic heterocycles. The summed E-state index contributed by atoms with van der Waals surface area (Å²) in [5.41, 5.74) is 2.26. The highest BCUT2D eigenvalue weighted by Gasteiger charge is 2.22. The molecule has 0 bridgehead atoms. The summed E-state index contributed by atoms with van der Waals surface area (Å²) in [7, 11) is 0. The van der Waals surface area contributed by atoms with E-state index in [1.54, 1.807) is 0 Å². The minimum absolute atomic E-state index is 0.319. The highest BCUT2D eigenvalue weighted by Crippen LogP contribution is 2.25. The van der Waals surface area contributed by atoms with Crippen molar-refractivity contribution in [3.8, 4) is 6.07 Å². The highest BCUT2D eigenvalue weighted by atomic mass is 15.2. The van der Waals surface area contributed by atoms with E-state index in [-0.39, 0.29) is 0 Å². The van der Waals surface area contributed by atoms with Gasteiger partial charge in [-0.25, -0.2) is 9.97 Å². The number of anilines is 1. The number of fused-ring (bicyclic) bond motifs is 1. The zero-order valence-corrected chi connectivity index (χ0v) is 11.2. The standard InChI is InChI=1S/C14H19N5/c15-9-13-17-12-5-6-16-10-11(12)14(18-13)19-7-3-1-2-4-8-19/h16H,1-8,10H2. The molecule has 3 heterocycles. The second-order valence-corrected chi connectivity index (χ2v) is 5.24. The number of hydrogen-bond donors (Lipinski definition) is 1. The van der Waals surface area contributed by atoms with E-state index in [1.165, 1.54) is 31.2 Å². The SMILES string of the molecule is N#Cc1nc2c(c(N3CCCCCC3)n1)CNCC2. The van der Waals surface area contributed by atoms with Crippen LogP contribution in [0.1, 0.15) is 42.8 Å². The summed E-state index contributed by atoms with van der Waals surface area (Å²) in [5.74, 6) is 1.32. The van der Waals surface area contributed by atoms with E-state index >= 15 is 0 Å². The molecule has 1 saturated heterocycles. The van der Waals surface area contributed by atoms with Gasteiger partial charge in [-0.1, -0.05) is 12.8 Å². The summed E-state index contributed by atoms with van der Waals surface area (Å²) in [6.07, 6.45) is 5.93. The third-order valence-corrected chi connectivity index (χ3v) is 3.92. The van der Waals surface area contributed by atoms with Gasteiger partial charge in [0.2, 0.25) is 5.82 Å². The van der Waals surface area contributed by atoms with Gasteiger partial charge in [-0.3, -0.25) is 0 Å². The van der Waals surface area contributed by atoms with E-state index in [0.717, 1.165) is 44.1 Å². The first-order valence-electron chi connectivity index (χ1n) is 7.14. The van der Waals surface area contributed by atoms with Gasteiger partial charge in [0.15, 0.2) is 0 Å². The fourth-order valence-electron chi connectivity index (χ4n) is 2.92. The third-order valence-electron chi connectivity index (χ3n) is 3.92. The number of nitrogens with zero attached hydrogens (tertiary/aromatic N) is 4. The molecule has 0 radical (unpaired) electrons. The van der Waals surface area contributed by atoms with Crippen molar-refractivity contribution >= 4 is 5.82 Å². The normalized spacial score (nSPS) is 19.4. The Morgan fingerprint density at radius 3 is 2.63 bits per heavy atom. The molecule has 0 amide bonds. The summed E-state index contributed by atoms with van der Waals surface area (Å²) in [6.45, 7) is 3.86. The lowest BCUT2D eigenvalue weighted by molar-refractivity contribution is 0.618. The quantitative estimate of drug-likeness (QED) is 0.823. The minimum atomic E-state index is 0.319. The van der Waals surface area contributed by atoms with Crippen molar-refractivity contribution in [3.05, 3.63) is 17.1 Å². The van der Waals surface area contributed by atoms with Crippen molar-refractivity contribution in [1.29, 1.82) is 5.26 Å². The van der Waals surface area contributed by atoms with Crippen LogP contribution >= 0.6 is 0 Å². The van der Waals surface area contributed by atoms with Crippen LogP contribution in [0.5, 0.6) is 0 Å². The van der Waals surface area contributed by atoms with Crippen LogP contribution in [0, 0.1) is 11.3 Å². The van der Waals surface area contributed by atoms with E-state index < -0.39 is 0 Å². The molecule has 1 N–H and O–H groups in total. The highest BCUT2D eigenvalue weighted by molar-refractivity contribution is 5.51.